The largest absolute Gasteiger partial charge is 0.252 e. The Labute approximate surface area is 327 Å². The van der Waals surface area contributed by atoms with E-state index in [1.165, 1.54) is 186 Å². The van der Waals surface area contributed by atoms with Crippen molar-refractivity contribution < 1.29 is 16.5 Å². The molecule has 0 heterocycles. The van der Waals surface area contributed by atoms with Crippen LogP contribution in [0, 0.1) is 0 Å². The van der Waals surface area contributed by atoms with Gasteiger partial charge in [0.25, 0.3) is 0 Å². The van der Waals surface area contributed by atoms with Gasteiger partial charge < -0.3 is 0 Å². The summed E-state index contributed by atoms with van der Waals surface area (Å²) < 4.78 is 0. The number of aryl methyl sites for hydroxylation is 4. The van der Waals surface area contributed by atoms with Crippen LogP contribution in [0.3, 0.4) is 0 Å². The molecule has 0 bridgehead atoms. The maximum Gasteiger partial charge on any atom is 0.0639 e. The van der Waals surface area contributed by atoms with Crippen LogP contribution in [0.2, 0.25) is 0 Å². The first kappa shape index (κ1) is 47.3. The minimum atomic E-state index is 0. The van der Waals surface area contributed by atoms with Crippen molar-refractivity contribution in [2.24, 2.45) is 9.98 Å². The molecule has 0 fully saturated rings. The molecule has 292 valence electrons. The van der Waals surface area contributed by atoms with Crippen LogP contribution in [0.25, 0.3) is 0 Å². The molecule has 2 aromatic carbocycles. The van der Waals surface area contributed by atoms with Crippen molar-refractivity contribution >= 4 is 22.8 Å². The van der Waals surface area contributed by atoms with Gasteiger partial charge in [-0.3, -0.25) is 9.98 Å². The molecule has 3 heteroatoms. The Balaban J connectivity index is 0.0000130. The summed E-state index contributed by atoms with van der Waals surface area (Å²) in [4.78, 5) is 11.2. The van der Waals surface area contributed by atoms with E-state index >= 15 is 0 Å². The van der Waals surface area contributed by atoms with Gasteiger partial charge in [-0.15, -0.1) is 0 Å². The number of rotatable bonds is 31. The number of nitrogens with zero attached hydrogens (tertiary/aromatic N) is 2. The van der Waals surface area contributed by atoms with Crippen molar-refractivity contribution in [3.8, 4) is 0 Å². The molecule has 0 spiro atoms. The smallest absolute Gasteiger partial charge is 0.0639 e. The first-order valence-corrected chi connectivity index (χ1v) is 22.0. The van der Waals surface area contributed by atoms with Crippen molar-refractivity contribution in [2.45, 2.75) is 221 Å². The van der Waals surface area contributed by atoms with E-state index in [9.17, 15) is 0 Å². The molecular weight excluding hydrogens is 663 g/mol. The third-order valence-corrected chi connectivity index (χ3v) is 10.2. The van der Waals surface area contributed by atoms with Gasteiger partial charge in [0.1, 0.15) is 0 Å². The van der Waals surface area contributed by atoms with Crippen molar-refractivity contribution in [3.63, 3.8) is 0 Å². The van der Waals surface area contributed by atoms with Gasteiger partial charge in [-0.05, 0) is 124 Å². The summed E-state index contributed by atoms with van der Waals surface area (Å²) in [7, 11) is 0. The maximum absolute atomic E-state index is 5.62. The molecule has 2 aromatic rings. The van der Waals surface area contributed by atoms with Crippen LogP contribution in [0.4, 0.5) is 11.4 Å². The summed E-state index contributed by atoms with van der Waals surface area (Å²) in [6.07, 6.45) is 34.9. The summed E-state index contributed by atoms with van der Waals surface area (Å²) >= 11 is 0. The summed E-state index contributed by atoms with van der Waals surface area (Å²) in [5.74, 6) is 0. The quantitative estimate of drug-likeness (QED) is 0.0417. The Morgan fingerprint density at radius 3 is 0.902 bits per heavy atom. The molecule has 2 rings (SSSR count). The summed E-state index contributed by atoms with van der Waals surface area (Å²) in [6.45, 7) is 13.9. The molecule has 2 nitrogen and oxygen atoms in total. The topological polar surface area (TPSA) is 24.7 Å². The molecule has 0 aromatic heterocycles. The van der Waals surface area contributed by atoms with E-state index in [0.717, 1.165) is 38.5 Å². The molecule has 0 aliphatic carbocycles. The standard InChI is InChI=1S/C48H80N2.Ni/c1-7-13-19-21-22-28-34-48(50-46-39-43(31-25-17-11-5)36-44(40-46)32-26-18-12-6)47(33-27-20-14-8-2)49-45-37-41(29-23-15-9-3)35-42(38-45)30-24-16-10-4;/h35-40H,7-34H2,1-6H3;/b49-47+,50-48+;. The van der Waals surface area contributed by atoms with Crippen LogP contribution in [-0.4, -0.2) is 11.4 Å². The van der Waals surface area contributed by atoms with E-state index in [1.807, 2.05) is 0 Å². The van der Waals surface area contributed by atoms with Gasteiger partial charge in [-0.25, -0.2) is 0 Å². The van der Waals surface area contributed by atoms with E-state index < -0.39 is 0 Å². The average molecular weight is 744 g/mol. The van der Waals surface area contributed by atoms with E-state index in [0.29, 0.717) is 0 Å². The van der Waals surface area contributed by atoms with Crippen LogP contribution >= 0.6 is 0 Å². The van der Waals surface area contributed by atoms with E-state index in [-0.39, 0.29) is 16.5 Å². The predicted molar refractivity (Wildman–Crippen MR) is 227 cm³/mol. The molecular formula is C48H80N2Ni. The Morgan fingerprint density at radius 2 is 0.588 bits per heavy atom. The molecule has 0 saturated heterocycles. The second-order valence-electron chi connectivity index (χ2n) is 15.3. The van der Waals surface area contributed by atoms with Crippen LogP contribution in [0.5, 0.6) is 0 Å². The molecule has 0 saturated carbocycles. The minimum Gasteiger partial charge on any atom is -0.252 e. The van der Waals surface area contributed by atoms with E-state index in [4.69, 9.17) is 9.98 Å². The maximum atomic E-state index is 5.62. The van der Waals surface area contributed by atoms with Gasteiger partial charge in [-0.1, -0.05) is 156 Å². The van der Waals surface area contributed by atoms with Gasteiger partial charge in [-0.2, -0.15) is 0 Å². The summed E-state index contributed by atoms with van der Waals surface area (Å²) in [5, 5.41) is 0. The number of unbranched alkanes of at least 4 members (excludes halogenated alkanes) is 16. The monoisotopic (exact) mass is 743 g/mol. The molecule has 0 atom stereocenters. The molecule has 0 aliphatic rings. The van der Waals surface area contributed by atoms with Crippen molar-refractivity contribution in [1.29, 1.82) is 0 Å². The summed E-state index contributed by atoms with van der Waals surface area (Å²) in [5.41, 5.74) is 10.7. The van der Waals surface area contributed by atoms with Gasteiger partial charge in [0.2, 0.25) is 0 Å². The van der Waals surface area contributed by atoms with E-state index in [2.05, 4.69) is 77.9 Å². The molecule has 0 unspecified atom stereocenters. The SMILES string of the molecule is CCCCCCCCC(=N\c1cc(CCCCC)cc(CCCCC)c1)/C(CCCCCC)=N/c1cc(CCCCC)cc(CCCCC)c1.[Ni]. The third-order valence-electron chi connectivity index (χ3n) is 10.2. The number of hydrogen-bond donors (Lipinski definition) is 0. The van der Waals surface area contributed by atoms with Crippen LogP contribution < -0.4 is 0 Å². The Kier molecular flexibility index (Phi) is 29.5. The average Bonchev–Trinajstić information content (AvgIpc) is 3.11. The van der Waals surface area contributed by atoms with Gasteiger partial charge in [0, 0.05) is 16.5 Å². The van der Waals surface area contributed by atoms with Crippen molar-refractivity contribution in [1.82, 2.24) is 0 Å². The third kappa shape index (κ3) is 22.2. The number of aliphatic imine (C=N–C) groups is 2. The zero-order chi connectivity index (χ0) is 36.1. The molecule has 0 aliphatic heterocycles. The molecule has 0 N–H and O–H groups in total. The molecule has 51 heavy (non-hydrogen) atoms. The van der Waals surface area contributed by atoms with Gasteiger partial charge in [0.05, 0.1) is 22.8 Å². The number of hydrogen-bond acceptors (Lipinski definition) is 2. The Morgan fingerprint density at radius 1 is 0.333 bits per heavy atom. The van der Waals surface area contributed by atoms with Gasteiger partial charge >= 0.3 is 0 Å². The second kappa shape index (κ2) is 31.8. The fraction of sp³-hybridized carbons (Fsp3) is 0.708. The zero-order valence-electron chi connectivity index (χ0n) is 34.5. The van der Waals surface area contributed by atoms with E-state index in [1.54, 1.807) is 0 Å². The first-order valence-electron chi connectivity index (χ1n) is 22.0. The first-order chi connectivity index (χ1) is 24.6. The Hall–Kier alpha value is -1.73. The fourth-order valence-corrected chi connectivity index (χ4v) is 7.14. The number of benzene rings is 2. The Bertz CT molecular complexity index is 1140. The van der Waals surface area contributed by atoms with Crippen LogP contribution in [0.1, 0.15) is 218 Å². The molecule has 0 amide bonds. The van der Waals surface area contributed by atoms with Crippen LogP contribution in [-0.2, 0) is 42.2 Å². The minimum absolute atomic E-state index is 0. The van der Waals surface area contributed by atoms with Crippen molar-refractivity contribution in [2.75, 3.05) is 0 Å². The second-order valence-corrected chi connectivity index (χ2v) is 15.3. The zero-order valence-corrected chi connectivity index (χ0v) is 35.5. The summed E-state index contributed by atoms with van der Waals surface area (Å²) in [6, 6.07) is 14.6. The van der Waals surface area contributed by atoms with Crippen molar-refractivity contribution in [3.05, 3.63) is 58.7 Å². The van der Waals surface area contributed by atoms with Crippen LogP contribution in [0.15, 0.2) is 46.4 Å². The normalized spacial score (nSPS) is 12.0. The fourth-order valence-electron chi connectivity index (χ4n) is 7.14. The van der Waals surface area contributed by atoms with Gasteiger partial charge in [0.15, 0.2) is 0 Å². The molecule has 0 radical (unpaired) electrons. The predicted octanol–water partition coefficient (Wildman–Crippen LogP) is 16.2.